The normalized spacial score (nSPS) is 12.1. The van der Waals surface area contributed by atoms with Crippen LogP contribution in [0.2, 0.25) is 0 Å². The summed E-state index contributed by atoms with van der Waals surface area (Å²) < 4.78 is 0. The van der Waals surface area contributed by atoms with Crippen molar-refractivity contribution in [1.82, 2.24) is 14.7 Å². The Hall–Kier alpha value is -0.650. The van der Waals surface area contributed by atoms with Crippen molar-refractivity contribution in [2.24, 2.45) is 5.92 Å². The minimum absolute atomic E-state index is 0.110. The molecule has 0 aromatic rings. The van der Waals surface area contributed by atoms with Gasteiger partial charge in [0.1, 0.15) is 0 Å². The zero-order valence-electron chi connectivity index (χ0n) is 11.8. The lowest BCUT2D eigenvalue weighted by Gasteiger charge is -2.32. The van der Waals surface area contributed by atoms with Gasteiger partial charge in [0.25, 0.3) is 0 Å². The summed E-state index contributed by atoms with van der Waals surface area (Å²) in [6, 6.07) is 0. The van der Waals surface area contributed by atoms with Gasteiger partial charge in [-0.2, -0.15) is 0 Å². The van der Waals surface area contributed by atoms with Crippen LogP contribution < -0.4 is 0 Å². The Balaban J connectivity index is 4.31. The van der Waals surface area contributed by atoms with Gasteiger partial charge in [0, 0.05) is 6.54 Å². The number of carboxylic acids is 1. The molecule has 0 saturated heterocycles. The lowest BCUT2D eigenvalue weighted by Crippen LogP contribution is -2.45. The number of rotatable bonds is 9. The molecular formula is C12H27N3O2. The monoisotopic (exact) mass is 245 g/mol. The zero-order valence-corrected chi connectivity index (χ0v) is 11.8. The third kappa shape index (κ3) is 9.09. The highest BCUT2D eigenvalue weighted by molar-refractivity contribution is 5.69. The Morgan fingerprint density at radius 3 is 2.12 bits per heavy atom. The maximum Gasteiger partial charge on any atom is 0.317 e. The van der Waals surface area contributed by atoms with E-state index >= 15 is 0 Å². The number of likely N-dealkylation sites (N-methyl/N-ethyl adjacent to an activating group) is 1. The summed E-state index contributed by atoms with van der Waals surface area (Å²) in [5, 5.41) is 8.82. The van der Waals surface area contributed by atoms with E-state index in [-0.39, 0.29) is 6.54 Å². The summed E-state index contributed by atoms with van der Waals surface area (Å²) in [5.74, 6) is -0.181. The molecule has 0 unspecified atom stereocenters. The van der Waals surface area contributed by atoms with Gasteiger partial charge in [-0.25, -0.2) is 0 Å². The van der Waals surface area contributed by atoms with E-state index in [2.05, 4.69) is 23.6 Å². The number of hydrogen-bond donors (Lipinski definition) is 1. The van der Waals surface area contributed by atoms with Crippen molar-refractivity contribution in [2.45, 2.75) is 20.8 Å². The fourth-order valence-electron chi connectivity index (χ4n) is 1.81. The smallest absolute Gasteiger partial charge is 0.317 e. The molecule has 0 aromatic heterocycles. The number of carbonyl (C=O) groups is 1. The third-order valence-electron chi connectivity index (χ3n) is 2.31. The topological polar surface area (TPSA) is 47.0 Å². The molecule has 0 fully saturated rings. The first-order chi connectivity index (χ1) is 7.85. The van der Waals surface area contributed by atoms with Gasteiger partial charge in [-0.05, 0) is 26.6 Å². The van der Waals surface area contributed by atoms with Crippen molar-refractivity contribution in [2.75, 3.05) is 47.1 Å². The fraction of sp³-hybridized carbons (Fsp3) is 0.917. The van der Waals surface area contributed by atoms with Crippen molar-refractivity contribution < 1.29 is 9.90 Å². The first kappa shape index (κ1) is 16.4. The molecule has 0 aliphatic rings. The average molecular weight is 245 g/mol. The van der Waals surface area contributed by atoms with Crippen LogP contribution >= 0.6 is 0 Å². The van der Waals surface area contributed by atoms with Crippen LogP contribution in [0, 0.1) is 5.92 Å². The van der Waals surface area contributed by atoms with Gasteiger partial charge in [-0.1, -0.05) is 20.8 Å². The Kier molecular flexibility index (Phi) is 8.12. The molecule has 0 aromatic carbocycles. The van der Waals surface area contributed by atoms with E-state index in [4.69, 9.17) is 5.11 Å². The predicted octanol–water partition coefficient (Wildman–Crippen LogP) is 0.828. The molecule has 0 saturated carbocycles. The molecule has 0 aliphatic carbocycles. The summed E-state index contributed by atoms with van der Waals surface area (Å²) in [7, 11) is 4.06. The van der Waals surface area contributed by atoms with Crippen molar-refractivity contribution in [3.8, 4) is 0 Å². The van der Waals surface area contributed by atoms with E-state index in [1.54, 1.807) is 0 Å². The predicted molar refractivity (Wildman–Crippen MR) is 69.8 cm³/mol. The number of carboxylic acid groups (broad SMARTS) is 1. The molecule has 102 valence electrons. The lowest BCUT2D eigenvalue weighted by molar-refractivity contribution is -0.138. The van der Waals surface area contributed by atoms with Crippen molar-refractivity contribution in [1.29, 1.82) is 0 Å². The molecule has 5 nitrogen and oxygen atoms in total. The third-order valence-corrected chi connectivity index (χ3v) is 2.31. The van der Waals surface area contributed by atoms with Gasteiger partial charge in [0.15, 0.2) is 0 Å². The minimum atomic E-state index is -0.763. The van der Waals surface area contributed by atoms with E-state index in [1.807, 2.05) is 25.9 Å². The lowest BCUT2D eigenvalue weighted by atomic mass is 10.2. The van der Waals surface area contributed by atoms with Crippen molar-refractivity contribution in [3.63, 3.8) is 0 Å². The number of nitrogens with zero attached hydrogens (tertiary/aromatic N) is 3. The molecule has 1 N–H and O–H groups in total. The standard InChI is InChI=1S/C12H27N3O2/c1-6-14(8-12(16)17)10-15(7-11(2)3)9-13(4)5/h11H,6-10H2,1-5H3,(H,16,17). The summed E-state index contributed by atoms with van der Waals surface area (Å²) >= 11 is 0. The molecule has 0 aliphatic heterocycles. The van der Waals surface area contributed by atoms with E-state index in [0.29, 0.717) is 12.6 Å². The summed E-state index contributed by atoms with van der Waals surface area (Å²) in [6.07, 6.45) is 0. The minimum Gasteiger partial charge on any atom is -0.480 e. The molecule has 0 atom stereocenters. The largest absolute Gasteiger partial charge is 0.480 e. The molecular weight excluding hydrogens is 218 g/mol. The van der Waals surface area contributed by atoms with Crippen LogP contribution in [0.5, 0.6) is 0 Å². The zero-order chi connectivity index (χ0) is 13.4. The molecule has 0 heterocycles. The van der Waals surface area contributed by atoms with Crippen LogP contribution in [0.25, 0.3) is 0 Å². The van der Waals surface area contributed by atoms with E-state index in [1.165, 1.54) is 0 Å². The second-order valence-corrected chi connectivity index (χ2v) is 5.15. The summed E-state index contributed by atoms with van der Waals surface area (Å²) in [6.45, 7) is 9.76. The number of aliphatic carboxylic acids is 1. The Labute approximate surface area is 105 Å². The Bertz CT molecular complexity index is 210. The van der Waals surface area contributed by atoms with E-state index in [0.717, 1.165) is 19.8 Å². The fourth-order valence-corrected chi connectivity index (χ4v) is 1.81. The SMILES string of the molecule is CCN(CC(=O)O)CN(CC(C)C)CN(C)C. The molecule has 0 rings (SSSR count). The van der Waals surface area contributed by atoms with Crippen LogP contribution in [0.1, 0.15) is 20.8 Å². The summed E-state index contributed by atoms with van der Waals surface area (Å²) in [4.78, 5) is 17.0. The summed E-state index contributed by atoms with van der Waals surface area (Å²) in [5.41, 5.74) is 0. The first-order valence-electron chi connectivity index (χ1n) is 6.16. The second-order valence-electron chi connectivity index (χ2n) is 5.15. The maximum atomic E-state index is 10.7. The first-order valence-corrected chi connectivity index (χ1v) is 6.16. The Morgan fingerprint density at radius 1 is 1.18 bits per heavy atom. The average Bonchev–Trinajstić information content (AvgIpc) is 2.13. The highest BCUT2D eigenvalue weighted by Crippen LogP contribution is 2.01. The van der Waals surface area contributed by atoms with Gasteiger partial charge in [-0.15, -0.1) is 0 Å². The van der Waals surface area contributed by atoms with Crippen molar-refractivity contribution >= 4 is 5.97 Å². The van der Waals surface area contributed by atoms with Crippen LogP contribution in [-0.2, 0) is 4.79 Å². The molecule has 0 spiro atoms. The second kappa shape index (κ2) is 8.44. The molecule has 0 amide bonds. The van der Waals surface area contributed by atoms with Crippen LogP contribution in [-0.4, -0.2) is 72.8 Å². The van der Waals surface area contributed by atoms with Gasteiger partial charge in [0.05, 0.1) is 19.9 Å². The number of hydrogen-bond acceptors (Lipinski definition) is 4. The molecule has 5 heteroatoms. The van der Waals surface area contributed by atoms with Gasteiger partial charge < -0.3 is 5.11 Å². The maximum absolute atomic E-state index is 10.7. The van der Waals surface area contributed by atoms with Crippen LogP contribution in [0.3, 0.4) is 0 Å². The van der Waals surface area contributed by atoms with Crippen molar-refractivity contribution in [3.05, 3.63) is 0 Å². The van der Waals surface area contributed by atoms with Gasteiger partial charge in [0.2, 0.25) is 0 Å². The molecule has 17 heavy (non-hydrogen) atoms. The van der Waals surface area contributed by atoms with E-state index in [9.17, 15) is 4.79 Å². The van der Waals surface area contributed by atoms with Crippen LogP contribution in [0.15, 0.2) is 0 Å². The molecule has 0 bridgehead atoms. The van der Waals surface area contributed by atoms with E-state index < -0.39 is 5.97 Å². The highest BCUT2D eigenvalue weighted by Gasteiger charge is 2.14. The highest BCUT2D eigenvalue weighted by atomic mass is 16.4. The van der Waals surface area contributed by atoms with Gasteiger partial charge >= 0.3 is 5.97 Å². The molecule has 0 radical (unpaired) electrons. The van der Waals surface area contributed by atoms with Gasteiger partial charge in [-0.3, -0.25) is 19.5 Å². The Morgan fingerprint density at radius 2 is 1.76 bits per heavy atom. The quantitative estimate of drug-likeness (QED) is 0.610. The van der Waals surface area contributed by atoms with Crippen LogP contribution in [0.4, 0.5) is 0 Å².